The maximum Gasteiger partial charge on any atom is 0.306 e. The summed E-state index contributed by atoms with van der Waals surface area (Å²) in [5, 5.41) is 9.34. The van der Waals surface area contributed by atoms with Gasteiger partial charge in [0.1, 0.15) is 13.2 Å². The molecule has 0 aliphatic heterocycles. The van der Waals surface area contributed by atoms with Gasteiger partial charge in [-0.1, -0.05) is 76.7 Å². The van der Waals surface area contributed by atoms with Gasteiger partial charge in [0.25, 0.3) is 0 Å². The molecule has 0 aromatic carbocycles. The number of ether oxygens (including phenoxy) is 2. The van der Waals surface area contributed by atoms with E-state index in [1.165, 1.54) is 38.5 Å². The number of aliphatic hydroxyl groups is 1. The molecular weight excluding hydrogens is 454 g/mol. The third kappa shape index (κ3) is 25.4. The quantitative estimate of drug-likeness (QED) is 0.0788. The van der Waals surface area contributed by atoms with Crippen LogP contribution < -0.4 is 0 Å². The molecule has 0 radical (unpaired) electrons. The van der Waals surface area contributed by atoms with E-state index in [4.69, 9.17) is 9.47 Å². The first kappa shape index (κ1) is 34.3. The molecule has 0 aromatic heterocycles. The number of rotatable bonds is 26. The number of carbonyl (C=O) groups is 2. The van der Waals surface area contributed by atoms with E-state index in [1.807, 2.05) is 12.2 Å². The summed E-state index contributed by atoms with van der Waals surface area (Å²) in [6, 6.07) is 0. The maximum atomic E-state index is 11.8. The third-order valence-electron chi connectivity index (χ3n) is 6.09. The molecule has 0 amide bonds. The van der Waals surface area contributed by atoms with Gasteiger partial charge < -0.3 is 19.5 Å². The Kier molecular flexibility index (Phi) is 26.6. The van der Waals surface area contributed by atoms with Crippen LogP contribution in [0, 0.1) is 0 Å². The van der Waals surface area contributed by atoms with E-state index in [1.54, 1.807) is 0 Å². The minimum absolute atomic E-state index is 0.123. The molecule has 0 rings (SSSR count). The average Bonchev–Trinajstić information content (AvgIpc) is 2.87. The summed E-state index contributed by atoms with van der Waals surface area (Å²) in [6.07, 6.45) is 24.1. The Hall–Kier alpha value is -1.66. The third-order valence-corrected chi connectivity index (χ3v) is 6.09. The fourth-order valence-electron chi connectivity index (χ4n) is 3.86. The number of esters is 2. The van der Waals surface area contributed by atoms with Gasteiger partial charge in [0, 0.05) is 19.4 Å². The molecule has 0 saturated heterocycles. The smallest absolute Gasteiger partial charge is 0.306 e. The first-order chi connectivity index (χ1) is 17.6. The molecule has 1 N–H and O–H groups in total. The van der Waals surface area contributed by atoms with Crippen molar-refractivity contribution < 1.29 is 24.2 Å². The summed E-state index contributed by atoms with van der Waals surface area (Å²) < 4.78 is 10.5. The molecule has 0 aliphatic rings. The van der Waals surface area contributed by atoms with Gasteiger partial charge in [-0.2, -0.15) is 0 Å². The predicted molar refractivity (Wildman–Crippen MR) is 149 cm³/mol. The number of nitrogens with zero attached hydrogens (tertiary/aromatic N) is 1. The molecular formula is C30H55NO5. The highest BCUT2D eigenvalue weighted by molar-refractivity contribution is 5.69. The second-order valence-corrected chi connectivity index (χ2v) is 9.49. The maximum absolute atomic E-state index is 11.8. The van der Waals surface area contributed by atoms with Crippen LogP contribution in [-0.4, -0.2) is 61.4 Å². The first-order valence-electron chi connectivity index (χ1n) is 14.6. The Morgan fingerprint density at radius 3 is 1.50 bits per heavy atom. The van der Waals surface area contributed by atoms with E-state index in [2.05, 4.69) is 30.9 Å². The first-order valence-corrected chi connectivity index (χ1v) is 14.6. The zero-order chi connectivity index (χ0) is 26.5. The van der Waals surface area contributed by atoms with Crippen LogP contribution in [-0.2, 0) is 19.1 Å². The van der Waals surface area contributed by atoms with Crippen LogP contribution >= 0.6 is 0 Å². The SMILES string of the molecule is CCCCC/C=C\COC(=O)CCCCCN(CCO)CCCCCC(=O)OC/C=C\CCCCC. The molecule has 0 aromatic rings. The van der Waals surface area contributed by atoms with E-state index >= 15 is 0 Å². The van der Waals surface area contributed by atoms with Crippen LogP contribution in [0.5, 0.6) is 0 Å². The highest BCUT2D eigenvalue weighted by atomic mass is 16.5. The fourth-order valence-corrected chi connectivity index (χ4v) is 3.86. The molecule has 0 spiro atoms. The van der Waals surface area contributed by atoms with Crippen LogP contribution in [0.25, 0.3) is 0 Å². The Labute approximate surface area is 221 Å². The van der Waals surface area contributed by atoms with Gasteiger partial charge in [0.2, 0.25) is 0 Å². The van der Waals surface area contributed by atoms with Gasteiger partial charge in [-0.25, -0.2) is 0 Å². The highest BCUT2D eigenvalue weighted by Crippen LogP contribution is 2.07. The van der Waals surface area contributed by atoms with E-state index in [0.717, 1.165) is 64.5 Å². The van der Waals surface area contributed by atoms with Crippen molar-refractivity contribution in [3.05, 3.63) is 24.3 Å². The van der Waals surface area contributed by atoms with E-state index < -0.39 is 0 Å². The number of aliphatic hydroxyl groups excluding tert-OH is 1. The van der Waals surface area contributed by atoms with Crippen molar-refractivity contribution in [2.24, 2.45) is 0 Å². The summed E-state index contributed by atoms with van der Waals surface area (Å²) in [5.41, 5.74) is 0. The second-order valence-electron chi connectivity index (χ2n) is 9.49. The lowest BCUT2D eigenvalue weighted by Crippen LogP contribution is -2.29. The van der Waals surface area contributed by atoms with Crippen molar-refractivity contribution in [3.8, 4) is 0 Å². The summed E-state index contributed by atoms with van der Waals surface area (Å²) >= 11 is 0. The predicted octanol–water partition coefficient (Wildman–Crippen LogP) is 6.76. The molecule has 6 heteroatoms. The van der Waals surface area contributed by atoms with Crippen molar-refractivity contribution in [3.63, 3.8) is 0 Å². The monoisotopic (exact) mass is 509 g/mol. The molecule has 0 fully saturated rings. The van der Waals surface area contributed by atoms with Gasteiger partial charge >= 0.3 is 11.9 Å². The largest absolute Gasteiger partial charge is 0.461 e. The van der Waals surface area contributed by atoms with Crippen LogP contribution in [0.2, 0.25) is 0 Å². The molecule has 0 bridgehead atoms. The molecule has 6 nitrogen and oxygen atoms in total. The lowest BCUT2D eigenvalue weighted by molar-refractivity contribution is -0.143. The lowest BCUT2D eigenvalue weighted by atomic mass is 10.1. The van der Waals surface area contributed by atoms with Gasteiger partial charge in [-0.15, -0.1) is 0 Å². The number of hydrogen-bond acceptors (Lipinski definition) is 6. The summed E-state index contributed by atoms with van der Waals surface area (Å²) in [4.78, 5) is 25.9. The lowest BCUT2D eigenvalue weighted by Gasteiger charge is -2.21. The Morgan fingerprint density at radius 2 is 1.08 bits per heavy atom. The number of carbonyl (C=O) groups excluding carboxylic acids is 2. The summed E-state index contributed by atoms with van der Waals surface area (Å²) in [7, 11) is 0. The highest BCUT2D eigenvalue weighted by Gasteiger charge is 2.07. The van der Waals surface area contributed by atoms with Crippen LogP contribution in [0.3, 0.4) is 0 Å². The van der Waals surface area contributed by atoms with Crippen LogP contribution in [0.1, 0.15) is 117 Å². The zero-order valence-corrected chi connectivity index (χ0v) is 23.4. The Morgan fingerprint density at radius 1 is 0.611 bits per heavy atom. The number of unbranched alkanes of at least 4 members (excludes halogenated alkanes) is 10. The second kappa shape index (κ2) is 27.9. The van der Waals surface area contributed by atoms with Crippen molar-refractivity contribution in [2.75, 3.05) is 39.5 Å². The molecule has 0 atom stereocenters. The summed E-state index contributed by atoms with van der Waals surface area (Å²) in [6.45, 7) is 7.79. The minimum atomic E-state index is -0.123. The molecule has 36 heavy (non-hydrogen) atoms. The Balaban J connectivity index is 3.71. The van der Waals surface area contributed by atoms with Crippen LogP contribution in [0.4, 0.5) is 0 Å². The zero-order valence-electron chi connectivity index (χ0n) is 23.4. The van der Waals surface area contributed by atoms with Crippen LogP contribution in [0.15, 0.2) is 24.3 Å². The van der Waals surface area contributed by atoms with Gasteiger partial charge in [0.15, 0.2) is 0 Å². The van der Waals surface area contributed by atoms with Crippen molar-refractivity contribution >= 4 is 11.9 Å². The van der Waals surface area contributed by atoms with E-state index in [9.17, 15) is 14.7 Å². The van der Waals surface area contributed by atoms with Crippen molar-refractivity contribution in [1.29, 1.82) is 0 Å². The summed E-state index contributed by atoms with van der Waals surface area (Å²) in [5.74, 6) is -0.246. The fraction of sp³-hybridized carbons (Fsp3) is 0.800. The van der Waals surface area contributed by atoms with Crippen molar-refractivity contribution in [1.82, 2.24) is 4.90 Å². The molecule has 0 unspecified atom stereocenters. The van der Waals surface area contributed by atoms with E-state index in [-0.39, 0.29) is 18.5 Å². The van der Waals surface area contributed by atoms with Gasteiger partial charge in [-0.3, -0.25) is 9.59 Å². The topological polar surface area (TPSA) is 76.1 Å². The standard InChI is InChI=1S/C30H55NO5/c1-3-5-7-9-11-19-27-35-29(33)21-15-13-17-23-31(25-26-32)24-18-14-16-22-30(34)36-28-20-12-10-8-6-4-2/h11-12,19-20,32H,3-10,13-18,21-28H2,1-2H3/b19-11-,20-12-. The molecule has 0 heterocycles. The Bertz CT molecular complexity index is 516. The van der Waals surface area contributed by atoms with Crippen molar-refractivity contribution in [2.45, 2.75) is 117 Å². The number of hydrogen-bond donors (Lipinski definition) is 1. The molecule has 210 valence electrons. The number of allylic oxidation sites excluding steroid dienone is 2. The van der Waals surface area contributed by atoms with E-state index in [0.29, 0.717) is 32.6 Å². The average molecular weight is 510 g/mol. The molecule has 0 aliphatic carbocycles. The molecule has 0 saturated carbocycles. The van der Waals surface area contributed by atoms with Gasteiger partial charge in [-0.05, 0) is 64.5 Å². The minimum Gasteiger partial charge on any atom is -0.461 e. The normalized spacial score (nSPS) is 11.7. The van der Waals surface area contributed by atoms with Gasteiger partial charge in [0.05, 0.1) is 6.61 Å².